The van der Waals surface area contributed by atoms with E-state index < -0.39 is 0 Å². The second-order valence-electron chi connectivity index (χ2n) is 4.21. The third-order valence-corrected chi connectivity index (χ3v) is 2.54. The Morgan fingerprint density at radius 1 is 1.56 bits per heavy atom. The van der Waals surface area contributed by atoms with Crippen molar-refractivity contribution >= 4 is 11.6 Å². The van der Waals surface area contributed by atoms with Gasteiger partial charge < -0.3 is 10.6 Å². The van der Waals surface area contributed by atoms with Crippen molar-refractivity contribution in [3.8, 4) is 0 Å². The first kappa shape index (κ1) is 11.1. The van der Waals surface area contributed by atoms with E-state index in [2.05, 4.69) is 15.6 Å². The first-order chi connectivity index (χ1) is 7.74. The molecule has 0 atom stereocenters. The molecule has 4 nitrogen and oxygen atoms in total. The van der Waals surface area contributed by atoms with E-state index in [1.165, 1.54) is 12.8 Å². The Hall–Kier alpha value is -1.42. The van der Waals surface area contributed by atoms with Crippen LogP contribution in [-0.4, -0.2) is 23.5 Å². The fourth-order valence-corrected chi connectivity index (χ4v) is 1.52. The number of carbonyl (C=O) groups is 1. The molecular weight excluding hydrogens is 202 g/mol. The molecule has 0 aromatic carbocycles. The van der Waals surface area contributed by atoms with E-state index in [4.69, 9.17) is 0 Å². The van der Waals surface area contributed by atoms with Crippen molar-refractivity contribution in [1.82, 2.24) is 10.3 Å². The minimum atomic E-state index is 0.0544. The van der Waals surface area contributed by atoms with Crippen molar-refractivity contribution in [3.63, 3.8) is 0 Å². The van der Waals surface area contributed by atoms with Crippen LogP contribution in [0.5, 0.6) is 0 Å². The Morgan fingerprint density at radius 3 is 3.06 bits per heavy atom. The lowest BCUT2D eigenvalue weighted by Gasteiger charge is -2.06. The van der Waals surface area contributed by atoms with Crippen LogP contribution >= 0.6 is 0 Å². The second-order valence-corrected chi connectivity index (χ2v) is 4.21. The number of carbonyl (C=O) groups excluding carboxylic acids is 1. The normalized spacial score (nSPS) is 14.8. The number of hydrogen-bond acceptors (Lipinski definition) is 3. The van der Waals surface area contributed by atoms with Crippen LogP contribution in [0.4, 0.5) is 5.69 Å². The van der Waals surface area contributed by atoms with Gasteiger partial charge in [-0.2, -0.15) is 0 Å². The van der Waals surface area contributed by atoms with Crippen molar-refractivity contribution in [1.29, 1.82) is 0 Å². The van der Waals surface area contributed by atoms with E-state index in [0.29, 0.717) is 12.5 Å². The number of nitrogens with zero attached hydrogens (tertiary/aromatic N) is 1. The van der Waals surface area contributed by atoms with Crippen molar-refractivity contribution < 1.29 is 4.79 Å². The molecule has 1 heterocycles. The average Bonchev–Trinajstić information content (AvgIpc) is 3.01. The molecule has 1 aliphatic carbocycles. The Bertz CT molecular complexity index is 374. The third kappa shape index (κ3) is 3.62. The molecule has 16 heavy (non-hydrogen) atoms. The van der Waals surface area contributed by atoms with Crippen molar-refractivity contribution in [2.45, 2.75) is 32.2 Å². The highest BCUT2D eigenvalue weighted by atomic mass is 16.1. The van der Waals surface area contributed by atoms with Gasteiger partial charge in [-0.15, -0.1) is 0 Å². The number of hydrogen-bond donors (Lipinski definition) is 2. The summed E-state index contributed by atoms with van der Waals surface area (Å²) in [6.45, 7) is 2.67. The molecule has 0 spiro atoms. The van der Waals surface area contributed by atoms with E-state index in [-0.39, 0.29) is 5.91 Å². The van der Waals surface area contributed by atoms with Crippen LogP contribution in [0.3, 0.4) is 0 Å². The van der Waals surface area contributed by atoms with Gasteiger partial charge in [-0.25, -0.2) is 0 Å². The summed E-state index contributed by atoms with van der Waals surface area (Å²) in [5, 5.41) is 6.17. The lowest BCUT2D eigenvalue weighted by molar-refractivity contribution is -0.116. The first-order valence-electron chi connectivity index (χ1n) is 5.70. The largest absolute Gasteiger partial charge is 0.326 e. The van der Waals surface area contributed by atoms with Gasteiger partial charge in [-0.05, 0) is 31.9 Å². The van der Waals surface area contributed by atoms with Gasteiger partial charge in [-0.1, -0.05) is 0 Å². The Kier molecular flexibility index (Phi) is 3.51. The second kappa shape index (κ2) is 5.07. The van der Waals surface area contributed by atoms with Gasteiger partial charge in [0.05, 0.1) is 0 Å². The van der Waals surface area contributed by atoms with Crippen LogP contribution in [0, 0.1) is 6.92 Å². The van der Waals surface area contributed by atoms with Crippen molar-refractivity contribution in [3.05, 3.63) is 24.0 Å². The number of aryl methyl sites for hydroxylation is 1. The Labute approximate surface area is 95.5 Å². The van der Waals surface area contributed by atoms with E-state index in [1.54, 1.807) is 12.3 Å². The predicted molar refractivity (Wildman–Crippen MR) is 63.2 cm³/mol. The maximum absolute atomic E-state index is 11.6. The molecule has 0 unspecified atom stereocenters. The summed E-state index contributed by atoms with van der Waals surface area (Å²) in [6.07, 6.45) is 4.74. The Balaban J connectivity index is 1.73. The minimum absolute atomic E-state index is 0.0544. The molecule has 0 radical (unpaired) electrons. The highest BCUT2D eigenvalue weighted by Crippen LogP contribution is 2.18. The highest BCUT2D eigenvalue weighted by Gasteiger charge is 2.19. The number of anilines is 1. The van der Waals surface area contributed by atoms with E-state index in [0.717, 1.165) is 17.9 Å². The average molecular weight is 219 g/mol. The molecule has 86 valence electrons. The molecule has 1 amide bonds. The highest BCUT2D eigenvalue weighted by molar-refractivity contribution is 5.90. The monoisotopic (exact) mass is 219 g/mol. The molecule has 1 aliphatic rings. The number of rotatable bonds is 5. The minimum Gasteiger partial charge on any atom is -0.326 e. The van der Waals surface area contributed by atoms with Gasteiger partial charge in [0.1, 0.15) is 0 Å². The summed E-state index contributed by atoms with van der Waals surface area (Å²) in [4.78, 5) is 15.6. The number of pyridine rings is 1. The van der Waals surface area contributed by atoms with Gasteiger partial charge in [-0.3, -0.25) is 9.78 Å². The summed E-state index contributed by atoms with van der Waals surface area (Å²) in [7, 11) is 0. The summed E-state index contributed by atoms with van der Waals surface area (Å²) < 4.78 is 0. The SMILES string of the molecule is Cc1cc(NC(=O)CCNC2CC2)ccn1. The van der Waals surface area contributed by atoms with Gasteiger partial charge in [0.2, 0.25) is 5.91 Å². The summed E-state index contributed by atoms with van der Waals surface area (Å²) in [6, 6.07) is 4.33. The molecule has 2 rings (SSSR count). The summed E-state index contributed by atoms with van der Waals surface area (Å²) >= 11 is 0. The molecular formula is C12H17N3O. The molecule has 2 N–H and O–H groups in total. The van der Waals surface area contributed by atoms with Crippen molar-refractivity contribution in [2.75, 3.05) is 11.9 Å². The maximum atomic E-state index is 11.6. The van der Waals surface area contributed by atoms with Crippen LogP contribution in [0.25, 0.3) is 0 Å². The predicted octanol–water partition coefficient (Wildman–Crippen LogP) is 1.47. The van der Waals surface area contributed by atoms with Crippen LogP contribution in [0.15, 0.2) is 18.3 Å². The quantitative estimate of drug-likeness (QED) is 0.788. The van der Waals surface area contributed by atoms with Crippen molar-refractivity contribution in [2.24, 2.45) is 0 Å². The number of amides is 1. The fourth-order valence-electron chi connectivity index (χ4n) is 1.52. The van der Waals surface area contributed by atoms with Gasteiger partial charge in [0.25, 0.3) is 0 Å². The fraction of sp³-hybridized carbons (Fsp3) is 0.500. The van der Waals surface area contributed by atoms with Gasteiger partial charge in [0.15, 0.2) is 0 Å². The van der Waals surface area contributed by atoms with Gasteiger partial charge in [0, 0.05) is 36.6 Å². The van der Waals surface area contributed by atoms with Crippen LogP contribution < -0.4 is 10.6 Å². The molecule has 1 saturated carbocycles. The number of nitrogens with one attached hydrogen (secondary N) is 2. The molecule has 0 aliphatic heterocycles. The number of aromatic nitrogens is 1. The third-order valence-electron chi connectivity index (χ3n) is 2.54. The molecule has 0 saturated heterocycles. The summed E-state index contributed by atoms with van der Waals surface area (Å²) in [5.74, 6) is 0.0544. The topological polar surface area (TPSA) is 54.0 Å². The standard InChI is InChI=1S/C12H17N3O/c1-9-8-11(4-6-13-9)15-12(16)5-7-14-10-2-3-10/h4,6,8,10,14H,2-3,5,7H2,1H3,(H,13,15,16). The zero-order valence-electron chi connectivity index (χ0n) is 9.49. The maximum Gasteiger partial charge on any atom is 0.225 e. The smallest absolute Gasteiger partial charge is 0.225 e. The lowest BCUT2D eigenvalue weighted by atomic mass is 10.3. The summed E-state index contributed by atoms with van der Waals surface area (Å²) in [5.41, 5.74) is 1.73. The Morgan fingerprint density at radius 2 is 2.38 bits per heavy atom. The van der Waals surface area contributed by atoms with E-state index >= 15 is 0 Å². The van der Waals surface area contributed by atoms with E-state index in [9.17, 15) is 4.79 Å². The molecule has 1 aromatic rings. The first-order valence-corrected chi connectivity index (χ1v) is 5.70. The molecule has 0 bridgehead atoms. The van der Waals surface area contributed by atoms with Crippen LogP contribution in [-0.2, 0) is 4.79 Å². The van der Waals surface area contributed by atoms with Crippen LogP contribution in [0.2, 0.25) is 0 Å². The lowest BCUT2D eigenvalue weighted by Crippen LogP contribution is -2.23. The molecule has 1 aromatic heterocycles. The van der Waals surface area contributed by atoms with E-state index in [1.807, 2.05) is 13.0 Å². The molecule has 4 heteroatoms. The van der Waals surface area contributed by atoms with Crippen LogP contribution in [0.1, 0.15) is 25.0 Å². The zero-order valence-corrected chi connectivity index (χ0v) is 9.49. The van der Waals surface area contributed by atoms with Gasteiger partial charge >= 0.3 is 0 Å². The molecule has 1 fully saturated rings. The zero-order chi connectivity index (χ0) is 11.4.